The van der Waals surface area contributed by atoms with Gasteiger partial charge in [-0.1, -0.05) is 50.1 Å². The molecule has 0 amide bonds. The van der Waals surface area contributed by atoms with Crippen LogP contribution < -0.4 is 5.32 Å². The summed E-state index contributed by atoms with van der Waals surface area (Å²) in [5, 5.41) is 3.61. The smallest absolute Gasteiger partial charge is 0.307 e. The van der Waals surface area contributed by atoms with Crippen LogP contribution in [0.25, 0.3) is 0 Å². The third-order valence-corrected chi connectivity index (χ3v) is 4.45. The largest absolute Gasteiger partial charge is 0.469 e. The molecule has 2 rings (SSSR count). The topological polar surface area (TPSA) is 38.3 Å². The molecule has 1 saturated carbocycles. The number of carbonyl (C=O) groups excluding carboxylic acids is 1. The molecule has 20 heavy (non-hydrogen) atoms. The Labute approximate surface area is 121 Å². The maximum atomic E-state index is 11.9. The molecule has 1 aromatic carbocycles. The molecule has 0 spiro atoms. The average Bonchev–Trinajstić information content (AvgIpc) is 2.48. The van der Waals surface area contributed by atoms with Crippen LogP contribution in [-0.2, 0) is 9.53 Å². The van der Waals surface area contributed by atoms with Gasteiger partial charge in [0, 0.05) is 11.5 Å². The average molecular weight is 275 g/mol. The number of ether oxygens (including phenoxy) is 1. The highest BCUT2D eigenvalue weighted by Gasteiger charge is 2.42. The Morgan fingerprint density at radius 1 is 1.35 bits per heavy atom. The van der Waals surface area contributed by atoms with E-state index in [-0.39, 0.29) is 11.5 Å². The molecule has 1 N–H and O–H groups in total. The summed E-state index contributed by atoms with van der Waals surface area (Å²) in [5.41, 5.74) is 1.18. The van der Waals surface area contributed by atoms with Crippen LogP contribution in [0.1, 0.15) is 50.5 Å². The Balaban J connectivity index is 2.31. The van der Waals surface area contributed by atoms with Crippen molar-refractivity contribution in [3.8, 4) is 0 Å². The summed E-state index contributed by atoms with van der Waals surface area (Å²) >= 11 is 0. The van der Waals surface area contributed by atoms with Crippen molar-refractivity contribution in [2.24, 2.45) is 0 Å². The first-order valence-corrected chi connectivity index (χ1v) is 7.58. The lowest BCUT2D eigenvalue weighted by Gasteiger charge is -2.44. The second-order valence-electron chi connectivity index (χ2n) is 5.65. The van der Waals surface area contributed by atoms with Gasteiger partial charge >= 0.3 is 5.97 Å². The molecule has 3 nitrogen and oxygen atoms in total. The van der Waals surface area contributed by atoms with Gasteiger partial charge in [0.2, 0.25) is 0 Å². The third kappa shape index (κ3) is 3.21. The van der Waals surface area contributed by atoms with E-state index in [1.807, 2.05) is 6.07 Å². The van der Waals surface area contributed by atoms with E-state index < -0.39 is 0 Å². The fourth-order valence-corrected chi connectivity index (χ4v) is 3.58. The van der Waals surface area contributed by atoms with Crippen molar-refractivity contribution in [2.75, 3.05) is 13.7 Å². The maximum absolute atomic E-state index is 11.9. The first-order valence-electron chi connectivity index (χ1n) is 7.58. The molecule has 1 aliphatic carbocycles. The SMILES string of the molecule is CCNC1(CC(=O)OC)CCCCC1c1ccccc1. The van der Waals surface area contributed by atoms with Crippen molar-refractivity contribution in [1.29, 1.82) is 0 Å². The summed E-state index contributed by atoms with van der Waals surface area (Å²) in [6, 6.07) is 10.6. The van der Waals surface area contributed by atoms with Crippen molar-refractivity contribution < 1.29 is 9.53 Å². The van der Waals surface area contributed by atoms with E-state index in [0.29, 0.717) is 12.3 Å². The van der Waals surface area contributed by atoms with Crippen LogP contribution in [0.15, 0.2) is 30.3 Å². The van der Waals surface area contributed by atoms with Crippen LogP contribution in [0, 0.1) is 0 Å². The molecule has 2 atom stereocenters. The van der Waals surface area contributed by atoms with Crippen molar-refractivity contribution in [3.63, 3.8) is 0 Å². The molecular weight excluding hydrogens is 250 g/mol. The van der Waals surface area contributed by atoms with Crippen LogP contribution in [0.2, 0.25) is 0 Å². The van der Waals surface area contributed by atoms with E-state index in [2.05, 4.69) is 36.5 Å². The summed E-state index contributed by atoms with van der Waals surface area (Å²) in [4.78, 5) is 11.9. The molecule has 110 valence electrons. The zero-order valence-electron chi connectivity index (χ0n) is 12.5. The minimum atomic E-state index is -0.151. The Bertz CT molecular complexity index is 428. The number of likely N-dealkylation sites (N-methyl/N-ethyl adjacent to an activating group) is 1. The lowest BCUT2D eigenvalue weighted by atomic mass is 9.68. The van der Waals surface area contributed by atoms with Gasteiger partial charge in [-0.2, -0.15) is 0 Å². The second-order valence-corrected chi connectivity index (χ2v) is 5.65. The van der Waals surface area contributed by atoms with Crippen LogP contribution >= 0.6 is 0 Å². The molecule has 3 heteroatoms. The number of hydrogen-bond acceptors (Lipinski definition) is 3. The van der Waals surface area contributed by atoms with E-state index in [9.17, 15) is 4.79 Å². The third-order valence-electron chi connectivity index (χ3n) is 4.45. The number of carbonyl (C=O) groups is 1. The lowest BCUT2D eigenvalue weighted by Crippen LogP contribution is -2.53. The highest BCUT2D eigenvalue weighted by Crippen LogP contribution is 2.43. The molecule has 0 saturated heterocycles. The number of rotatable bonds is 5. The van der Waals surface area contributed by atoms with Gasteiger partial charge in [0.25, 0.3) is 0 Å². The fraction of sp³-hybridized carbons (Fsp3) is 0.588. The monoisotopic (exact) mass is 275 g/mol. The zero-order chi connectivity index (χ0) is 14.4. The molecule has 1 aliphatic rings. The first kappa shape index (κ1) is 15.0. The van der Waals surface area contributed by atoms with E-state index in [1.54, 1.807) is 0 Å². The van der Waals surface area contributed by atoms with Crippen molar-refractivity contribution >= 4 is 5.97 Å². The molecule has 0 radical (unpaired) electrons. The molecule has 2 unspecified atom stereocenters. The summed E-state index contributed by atoms with van der Waals surface area (Å²) in [7, 11) is 1.47. The van der Waals surface area contributed by atoms with Crippen molar-refractivity contribution in [1.82, 2.24) is 5.32 Å². The predicted octanol–water partition coefficient (Wildman–Crippen LogP) is 3.26. The Kier molecular flexibility index (Phi) is 5.18. The van der Waals surface area contributed by atoms with Crippen LogP contribution in [0.5, 0.6) is 0 Å². The Hall–Kier alpha value is -1.35. The van der Waals surface area contributed by atoms with Gasteiger partial charge < -0.3 is 10.1 Å². The number of hydrogen-bond donors (Lipinski definition) is 1. The quantitative estimate of drug-likeness (QED) is 0.838. The van der Waals surface area contributed by atoms with Gasteiger partial charge in [-0.3, -0.25) is 4.79 Å². The first-order chi connectivity index (χ1) is 9.72. The highest BCUT2D eigenvalue weighted by atomic mass is 16.5. The second kappa shape index (κ2) is 6.89. The van der Waals surface area contributed by atoms with Crippen LogP contribution in [0.4, 0.5) is 0 Å². The van der Waals surface area contributed by atoms with Gasteiger partial charge in [0.05, 0.1) is 13.5 Å². The summed E-state index contributed by atoms with van der Waals surface area (Å²) in [6.45, 7) is 2.98. The fourth-order valence-electron chi connectivity index (χ4n) is 3.58. The molecule has 0 heterocycles. The number of benzene rings is 1. The lowest BCUT2D eigenvalue weighted by molar-refractivity contribution is -0.143. The van der Waals surface area contributed by atoms with Gasteiger partial charge in [-0.15, -0.1) is 0 Å². The maximum Gasteiger partial charge on any atom is 0.307 e. The molecule has 1 fully saturated rings. The predicted molar refractivity (Wildman–Crippen MR) is 80.7 cm³/mol. The molecule has 0 bridgehead atoms. The van der Waals surface area contributed by atoms with Crippen LogP contribution in [0.3, 0.4) is 0 Å². The van der Waals surface area contributed by atoms with E-state index in [1.165, 1.54) is 25.5 Å². The minimum absolute atomic E-state index is 0.117. The van der Waals surface area contributed by atoms with E-state index in [4.69, 9.17) is 4.74 Å². The Morgan fingerprint density at radius 3 is 2.75 bits per heavy atom. The minimum Gasteiger partial charge on any atom is -0.469 e. The number of nitrogens with one attached hydrogen (secondary N) is 1. The van der Waals surface area contributed by atoms with Crippen molar-refractivity contribution in [3.05, 3.63) is 35.9 Å². The van der Waals surface area contributed by atoms with Crippen molar-refractivity contribution in [2.45, 2.75) is 50.5 Å². The normalized spacial score (nSPS) is 26.2. The van der Waals surface area contributed by atoms with Gasteiger partial charge in [-0.05, 0) is 24.9 Å². The number of methoxy groups -OCH3 is 1. The zero-order valence-corrected chi connectivity index (χ0v) is 12.5. The van der Waals surface area contributed by atoms with Gasteiger partial charge in [-0.25, -0.2) is 0 Å². The number of esters is 1. The van der Waals surface area contributed by atoms with E-state index in [0.717, 1.165) is 19.4 Å². The molecule has 0 aliphatic heterocycles. The molecular formula is C17H25NO2. The Morgan fingerprint density at radius 2 is 2.10 bits per heavy atom. The molecule has 0 aromatic heterocycles. The van der Waals surface area contributed by atoms with Crippen LogP contribution in [-0.4, -0.2) is 25.2 Å². The highest BCUT2D eigenvalue weighted by molar-refractivity contribution is 5.71. The van der Waals surface area contributed by atoms with E-state index >= 15 is 0 Å². The van der Waals surface area contributed by atoms with Gasteiger partial charge in [0.15, 0.2) is 0 Å². The van der Waals surface area contributed by atoms with Gasteiger partial charge in [0.1, 0.15) is 0 Å². The summed E-state index contributed by atoms with van der Waals surface area (Å²) < 4.78 is 4.93. The molecule has 1 aromatic rings. The summed E-state index contributed by atoms with van der Waals surface area (Å²) in [6.07, 6.45) is 5.03. The summed E-state index contributed by atoms with van der Waals surface area (Å²) in [5.74, 6) is 0.269. The standard InChI is InChI=1S/C17H25NO2/c1-3-18-17(13-16(19)20-2)12-8-7-11-15(17)14-9-5-4-6-10-14/h4-6,9-10,15,18H,3,7-8,11-13H2,1-2H3.